The summed E-state index contributed by atoms with van der Waals surface area (Å²) in [6.45, 7) is 0.987. The van der Waals surface area contributed by atoms with Gasteiger partial charge < -0.3 is 19.9 Å². The van der Waals surface area contributed by atoms with Crippen molar-refractivity contribution in [1.82, 2.24) is 9.80 Å². The molecule has 0 aliphatic carbocycles. The van der Waals surface area contributed by atoms with Crippen LogP contribution in [0.4, 0.5) is 32.0 Å². The Morgan fingerprint density at radius 2 is 1.67 bits per heavy atom. The number of carbonyl (C=O) groups excluding carboxylic acids is 1. The molecule has 2 aromatic rings. The van der Waals surface area contributed by atoms with Crippen LogP contribution in [-0.2, 0) is 22.3 Å². The van der Waals surface area contributed by atoms with Gasteiger partial charge in [0.05, 0.1) is 18.3 Å². The normalized spacial score (nSPS) is 21.7. The third kappa shape index (κ3) is 8.11. The molecule has 2 aliphatic rings. The van der Waals surface area contributed by atoms with Crippen LogP contribution in [0.15, 0.2) is 48.5 Å². The number of likely N-dealkylation sites (tertiary alicyclic amines) is 2. The van der Waals surface area contributed by atoms with E-state index in [2.05, 4.69) is 4.90 Å². The van der Waals surface area contributed by atoms with Crippen LogP contribution in [0.3, 0.4) is 0 Å². The first kappa shape index (κ1) is 29.2. The number of piperidine rings is 2. The van der Waals surface area contributed by atoms with Gasteiger partial charge in [-0.3, -0.25) is 4.79 Å². The van der Waals surface area contributed by atoms with E-state index in [1.54, 1.807) is 0 Å². The third-order valence-corrected chi connectivity index (χ3v) is 7.43. The summed E-state index contributed by atoms with van der Waals surface area (Å²) in [7, 11) is 2.04. The Morgan fingerprint density at radius 3 is 2.31 bits per heavy atom. The average Bonchev–Trinajstić information content (AvgIpc) is 2.90. The lowest BCUT2D eigenvalue weighted by Gasteiger charge is -2.41. The molecule has 1 N–H and O–H groups in total. The molecule has 0 aromatic heterocycles. The summed E-state index contributed by atoms with van der Waals surface area (Å²) in [6.07, 6.45) is -7.57. The van der Waals surface area contributed by atoms with E-state index in [0.29, 0.717) is 25.6 Å². The fraction of sp³-hybridized carbons (Fsp3) is 0.536. The van der Waals surface area contributed by atoms with Crippen LogP contribution in [0.25, 0.3) is 0 Å². The van der Waals surface area contributed by atoms with Gasteiger partial charge in [-0.1, -0.05) is 30.3 Å². The number of ether oxygens (including phenoxy) is 1. The van der Waals surface area contributed by atoms with Gasteiger partial charge in [0, 0.05) is 30.6 Å². The van der Waals surface area contributed by atoms with Crippen LogP contribution in [-0.4, -0.2) is 67.8 Å². The lowest BCUT2D eigenvalue weighted by atomic mass is 9.86. The van der Waals surface area contributed by atoms with E-state index in [-0.39, 0.29) is 41.7 Å². The summed E-state index contributed by atoms with van der Waals surface area (Å²) in [5.74, 6) is -0.0904. The molecule has 214 valence electrons. The number of anilines is 1. The van der Waals surface area contributed by atoms with Gasteiger partial charge >= 0.3 is 12.4 Å². The van der Waals surface area contributed by atoms with Crippen LogP contribution >= 0.6 is 0 Å². The van der Waals surface area contributed by atoms with Gasteiger partial charge in [0.2, 0.25) is 5.91 Å². The second kappa shape index (κ2) is 12.2. The van der Waals surface area contributed by atoms with Crippen LogP contribution in [0, 0.1) is 5.92 Å². The standard InChI is InChI=1S/C28H33F6N3O2/c1-36-10-7-21(8-11-36)26(38)37-12-9-25(24(16-37)20-5-3-2-4-6-20)39-17-19-13-22(28(32,33)34)15-23(14-19)35-18-27(29,30)31/h2-6,13-15,21,24-25,35H,7-12,16-18H2,1H3. The second-order valence-electron chi connectivity index (χ2n) is 10.4. The van der Waals surface area contributed by atoms with Gasteiger partial charge in [0.15, 0.2) is 0 Å². The Morgan fingerprint density at radius 1 is 0.974 bits per heavy atom. The van der Waals surface area contributed by atoms with Crippen molar-refractivity contribution in [2.24, 2.45) is 5.92 Å². The summed E-state index contributed by atoms with van der Waals surface area (Å²) in [5, 5.41) is 2.03. The van der Waals surface area contributed by atoms with E-state index in [0.717, 1.165) is 37.6 Å². The molecule has 0 radical (unpaired) electrons. The zero-order valence-corrected chi connectivity index (χ0v) is 21.7. The van der Waals surface area contributed by atoms with Crippen molar-refractivity contribution in [1.29, 1.82) is 0 Å². The lowest BCUT2D eigenvalue weighted by molar-refractivity contribution is -0.140. The van der Waals surface area contributed by atoms with Gasteiger partial charge in [0.1, 0.15) is 6.54 Å². The molecular formula is C28H33F6N3O2. The quantitative estimate of drug-likeness (QED) is 0.430. The minimum atomic E-state index is -4.73. The van der Waals surface area contributed by atoms with Crippen molar-refractivity contribution >= 4 is 11.6 Å². The van der Waals surface area contributed by atoms with Crippen molar-refractivity contribution in [3.05, 3.63) is 65.2 Å². The molecule has 39 heavy (non-hydrogen) atoms. The van der Waals surface area contributed by atoms with Crippen LogP contribution in [0.2, 0.25) is 0 Å². The Bertz CT molecular complexity index is 1100. The monoisotopic (exact) mass is 557 g/mol. The highest BCUT2D eigenvalue weighted by molar-refractivity contribution is 5.79. The first-order valence-corrected chi connectivity index (χ1v) is 13.0. The van der Waals surface area contributed by atoms with Crippen molar-refractivity contribution in [3.8, 4) is 0 Å². The number of rotatable bonds is 7. The van der Waals surface area contributed by atoms with Crippen molar-refractivity contribution in [2.75, 3.05) is 45.1 Å². The molecular weight excluding hydrogens is 524 g/mol. The lowest BCUT2D eigenvalue weighted by Crippen LogP contribution is -2.49. The Labute approximate surface area is 224 Å². The van der Waals surface area contributed by atoms with Crippen LogP contribution in [0.1, 0.15) is 41.9 Å². The molecule has 5 nitrogen and oxygen atoms in total. The number of nitrogens with one attached hydrogen (secondary N) is 1. The smallest absolute Gasteiger partial charge is 0.376 e. The molecule has 1 amide bonds. The first-order valence-electron chi connectivity index (χ1n) is 13.0. The molecule has 0 bridgehead atoms. The number of nitrogens with zero attached hydrogens (tertiary/aromatic N) is 2. The predicted molar refractivity (Wildman–Crippen MR) is 135 cm³/mol. The van der Waals surface area contributed by atoms with E-state index in [1.807, 2.05) is 47.6 Å². The minimum absolute atomic E-state index is 0.0252. The van der Waals surface area contributed by atoms with Crippen molar-refractivity contribution in [2.45, 2.75) is 50.2 Å². The van der Waals surface area contributed by atoms with Crippen molar-refractivity contribution < 1.29 is 35.9 Å². The number of hydrogen-bond donors (Lipinski definition) is 1. The summed E-state index contributed by atoms with van der Waals surface area (Å²) < 4.78 is 84.5. The fourth-order valence-electron chi connectivity index (χ4n) is 5.31. The summed E-state index contributed by atoms with van der Waals surface area (Å²) in [4.78, 5) is 17.4. The Kier molecular flexibility index (Phi) is 9.10. The van der Waals surface area contributed by atoms with E-state index < -0.39 is 24.5 Å². The van der Waals surface area contributed by atoms with Crippen LogP contribution < -0.4 is 5.32 Å². The minimum Gasteiger partial charge on any atom is -0.376 e. The average molecular weight is 558 g/mol. The molecule has 2 aliphatic heterocycles. The first-order chi connectivity index (χ1) is 18.4. The number of amides is 1. The number of hydrogen-bond acceptors (Lipinski definition) is 4. The zero-order chi connectivity index (χ0) is 28.2. The SMILES string of the molecule is CN1CCC(C(=O)N2CCC(OCc3cc(NCC(F)(F)F)cc(C(F)(F)F)c3)C(c3ccccc3)C2)CC1. The van der Waals surface area contributed by atoms with Gasteiger partial charge in [-0.25, -0.2) is 0 Å². The predicted octanol–water partition coefficient (Wildman–Crippen LogP) is 5.92. The summed E-state index contributed by atoms with van der Waals surface area (Å²) in [6, 6.07) is 12.3. The molecule has 2 unspecified atom stereocenters. The largest absolute Gasteiger partial charge is 0.416 e. The molecule has 2 heterocycles. The molecule has 0 spiro atoms. The highest BCUT2D eigenvalue weighted by Crippen LogP contribution is 2.35. The number of alkyl halides is 6. The Balaban J connectivity index is 1.49. The maximum Gasteiger partial charge on any atom is 0.416 e. The van der Waals surface area contributed by atoms with E-state index in [4.69, 9.17) is 4.74 Å². The maximum absolute atomic E-state index is 13.5. The van der Waals surface area contributed by atoms with E-state index in [9.17, 15) is 31.1 Å². The second-order valence-corrected chi connectivity index (χ2v) is 10.4. The summed E-state index contributed by atoms with van der Waals surface area (Å²) >= 11 is 0. The van der Waals surface area contributed by atoms with Gasteiger partial charge in [-0.2, -0.15) is 26.3 Å². The van der Waals surface area contributed by atoms with Gasteiger partial charge in [-0.05, 0) is 68.7 Å². The molecule has 2 atom stereocenters. The molecule has 2 fully saturated rings. The highest BCUT2D eigenvalue weighted by atomic mass is 19.4. The molecule has 4 rings (SSSR count). The maximum atomic E-state index is 13.5. The molecule has 11 heteroatoms. The third-order valence-electron chi connectivity index (χ3n) is 7.43. The van der Waals surface area contributed by atoms with E-state index >= 15 is 0 Å². The number of carbonyl (C=O) groups is 1. The Hall–Kier alpha value is -2.79. The number of halogens is 6. The van der Waals surface area contributed by atoms with Crippen LogP contribution in [0.5, 0.6) is 0 Å². The van der Waals surface area contributed by atoms with Gasteiger partial charge in [-0.15, -0.1) is 0 Å². The number of benzene rings is 2. The highest BCUT2D eigenvalue weighted by Gasteiger charge is 2.37. The molecule has 2 aromatic carbocycles. The topological polar surface area (TPSA) is 44.8 Å². The van der Waals surface area contributed by atoms with E-state index in [1.165, 1.54) is 6.07 Å². The van der Waals surface area contributed by atoms with Gasteiger partial charge in [0.25, 0.3) is 0 Å². The fourth-order valence-corrected chi connectivity index (χ4v) is 5.31. The molecule has 2 saturated heterocycles. The zero-order valence-electron chi connectivity index (χ0n) is 21.7. The molecule has 0 saturated carbocycles. The summed E-state index contributed by atoms with van der Waals surface area (Å²) in [5.41, 5.74) is -0.253. The van der Waals surface area contributed by atoms with Crippen molar-refractivity contribution in [3.63, 3.8) is 0 Å².